The predicted octanol–water partition coefficient (Wildman–Crippen LogP) is 6.46. The van der Waals surface area contributed by atoms with Crippen molar-refractivity contribution in [2.45, 2.75) is 26.1 Å². The number of benzene rings is 4. The maximum Gasteiger partial charge on any atom is 0.203 e. The first kappa shape index (κ1) is 26.2. The van der Waals surface area contributed by atoms with Crippen molar-refractivity contribution in [3.63, 3.8) is 0 Å². The Labute approximate surface area is 229 Å². The van der Waals surface area contributed by atoms with E-state index in [1.54, 1.807) is 21.3 Å². The van der Waals surface area contributed by atoms with Gasteiger partial charge >= 0.3 is 0 Å². The van der Waals surface area contributed by atoms with Gasteiger partial charge in [0.2, 0.25) is 5.75 Å². The third-order valence-electron chi connectivity index (χ3n) is 6.77. The fourth-order valence-electron chi connectivity index (χ4n) is 4.80. The number of rotatable bonds is 11. The molecule has 0 bridgehead atoms. The first-order chi connectivity index (χ1) is 19.2. The molecular weight excluding hydrogens is 490 g/mol. The Kier molecular flexibility index (Phi) is 8.32. The van der Waals surface area contributed by atoms with Crippen LogP contribution in [0.15, 0.2) is 89.9 Å². The van der Waals surface area contributed by atoms with Crippen molar-refractivity contribution in [2.75, 3.05) is 27.9 Å². The molecule has 0 spiro atoms. The third kappa shape index (κ3) is 6.01. The molecule has 1 heterocycles. The second kappa shape index (κ2) is 12.4. The van der Waals surface area contributed by atoms with Crippen molar-refractivity contribution >= 4 is 5.71 Å². The summed E-state index contributed by atoms with van der Waals surface area (Å²) >= 11 is 0. The van der Waals surface area contributed by atoms with E-state index in [-0.39, 0.29) is 0 Å². The summed E-state index contributed by atoms with van der Waals surface area (Å²) in [6, 6.07) is 28.3. The normalized spacial score (nSPS) is 12.2. The van der Waals surface area contributed by atoms with Crippen molar-refractivity contribution in [2.24, 2.45) is 4.99 Å². The Bertz CT molecular complexity index is 1430. The van der Waals surface area contributed by atoms with E-state index in [4.69, 9.17) is 28.7 Å². The molecule has 0 atom stereocenters. The minimum Gasteiger partial charge on any atom is -0.493 e. The van der Waals surface area contributed by atoms with Crippen LogP contribution >= 0.6 is 0 Å². The zero-order valence-corrected chi connectivity index (χ0v) is 22.6. The summed E-state index contributed by atoms with van der Waals surface area (Å²) in [5.74, 6) is 3.34. The molecule has 6 heteroatoms. The highest BCUT2D eigenvalue weighted by Crippen LogP contribution is 2.44. The van der Waals surface area contributed by atoms with Crippen molar-refractivity contribution in [1.29, 1.82) is 0 Å². The van der Waals surface area contributed by atoms with Gasteiger partial charge in [0.1, 0.15) is 13.2 Å². The van der Waals surface area contributed by atoms with Gasteiger partial charge in [-0.25, -0.2) is 0 Å². The first-order valence-corrected chi connectivity index (χ1v) is 13.0. The number of nitrogens with zero attached hydrogens (tertiary/aromatic N) is 1. The lowest BCUT2D eigenvalue weighted by Crippen LogP contribution is -2.18. The van der Waals surface area contributed by atoms with Crippen LogP contribution in [0.2, 0.25) is 0 Å². The average Bonchev–Trinajstić information content (AvgIpc) is 2.99. The van der Waals surface area contributed by atoms with Crippen LogP contribution in [0.4, 0.5) is 0 Å². The van der Waals surface area contributed by atoms with Crippen LogP contribution in [0, 0.1) is 0 Å². The second-order valence-electron chi connectivity index (χ2n) is 9.26. The van der Waals surface area contributed by atoms with Gasteiger partial charge in [0, 0.05) is 29.8 Å². The van der Waals surface area contributed by atoms with Gasteiger partial charge in [0.25, 0.3) is 0 Å². The quantitative estimate of drug-likeness (QED) is 0.226. The topological polar surface area (TPSA) is 58.5 Å². The third-order valence-corrected chi connectivity index (χ3v) is 6.77. The van der Waals surface area contributed by atoms with E-state index < -0.39 is 0 Å². The molecule has 1 aliphatic rings. The number of fused-ring (bicyclic) bond motifs is 1. The number of methoxy groups -OCH3 is 3. The van der Waals surface area contributed by atoms with Gasteiger partial charge in [-0.15, -0.1) is 0 Å². The maximum atomic E-state index is 6.38. The SMILES string of the molecule is COc1ccc(CC2=NCCc3c2cc(OC)c(OC)c3OCc2ccccc2)cc1OCc1ccccc1. The highest BCUT2D eigenvalue weighted by atomic mass is 16.5. The van der Waals surface area contributed by atoms with Gasteiger partial charge < -0.3 is 23.7 Å². The zero-order valence-electron chi connectivity index (χ0n) is 22.6. The summed E-state index contributed by atoms with van der Waals surface area (Å²) in [7, 11) is 4.94. The lowest BCUT2D eigenvalue weighted by atomic mass is 9.92. The van der Waals surface area contributed by atoms with Crippen molar-refractivity contribution in [3.8, 4) is 28.7 Å². The molecule has 0 saturated heterocycles. The molecule has 0 aromatic heterocycles. The molecule has 0 N–H and O–H groups in total. The van der Waals surface area contributed by atoms with Crippen LogP contribution in [0.1, 0.15) is 27.8 Å². The van der Waals surface area contributed by atoms with E-state index in [9.17, 15) is 0 Å². The van der Waals surface area contributed by atoms with Gasteiger partial charge in [0.15, 0.2) is 23.0 Å². The molecule has 0 amide bonds. The predicted molar refractivity (Wildman–Crippen MR) is 153 cm³/mol. The summed E-state index contributed by atoms with van der Waals surface area (Å²) < 4.78 is 29.6. The number of ether oxygens (including phenoxy) is 5. The van der Waals surface area contributed by atoms with Gasteiger partial charge in [-0.3, -0.25) is 4.99 Å². The minimum atomic E-state index is 0.434. The Morgan fingerprint density at radius 2 is 1.28 bits per heavy atom. The highest BCUT2D eigenvalue weighted by Gasteiger charge is 2.26. The molecule has 39 heavy (non-hydrogen) atoms. The molecular formula is C33H33NO5. The van der Waals surface area contributed by atoms with Crippen LogP contribution in [-0.2, 0) is 26.1 Å². The number of hydrogen-bond acceptors (Lipinski definition) is 6. The molecule has 4 aromatic rings. The van der Waals surface area contributed by atoms with E-state index in [0.717, 1.165) is 39.9 Å². The Morgan fingerprint density at radius 3 is 1.92 bits per heavy atom. The lowest BCUT2D eigenvalue weighted by molar-refractivity contribution is 0.272. The Balaban J connectivity index is 1.43. The second-order valence-corrected chi connectivity index (χ2v) is 9.26. The van der Waals surface area contributed by atoms with Gasteiger partial charge in [-0.2, -0.15) is 0 Å². The zero-order chi connectivity index (χ0) is 27.0. The fraction of sp³-hybridized carbons (Fsp3) is 0.242. The summed E-state index contributed by atoms with van der Waals surface area (Å²) in [5.41, 5.74) is 6.34. The number of aliphatic imine (C=N–C) groups is 1. The molecule has 0 fully saturated rings. The molecule has 0 saturated carbocycles. The standard InChI is InChI=1S/C33H33NO5/c1-35-29-15-14-25(19-30(29)38-21-23-10-6-4-7-11-23)18-28-27-20-31(36-2)33(37-3)32(26(27)16-17-34-28)39-22-24-12-8-5-9-13-24/h4-15,19-20H,16-18,21-22H2,1-3H3. The summed E-state index contributed by atoms with van der Waals surface area (Å²) in [5, 5.41) is 0. The van der Waals surface area contributed by atoms with Crippen LogP contribution in [0.25, 0.3) is 0 Å². The van der Waals surface area contributed by atoms with Crippen LogP contribution in [0.3, 0.4) is 0 Å². The maximum absolute atomic E-state index is 6.38. The molecule has 5 rings (SSSR count). The van der Waals surface area contributed by atoms with Gasteiger partial charge in [-0.05, 0) is 41.3 Å². The molecule has 0 unspecified atom stereocenters. The first-order valence-electron chi connectivity index (χ1n) is 13.0. The Morgan fingerprint density at radius 1 is 0.615 bits per heavy atom. The van der Waals surface area contributed by atoms with Gasteiger partial charge in [-0.1, -0.05) is 66.7 Å². The largest absolute Gasteiger partial charge is 0.493 e. The van der Waals surface area contributed by atoms with Crippen molar-refractivity contribution in [1.82, 2.24) is 0 Å². The van der Waals surface area contributed by atoms with Gasteiger partial charge in [0.05, 0.1) is 21.3 Å². The lowest BCUT2D eigenvalue weighted by Gasteiger charge is -2.24. The molecule has 0 radical (unpaired) electrons. The summed E-state index contributed by atoms with van der Waals surface area (Å²) in [6.07, 6.45) is 1.39. The Hall–Kier alpha value is -4.45. The number of hydrogen-bond donors (Lipinski definition) is 0. The average molecular weight is 524 g/mol. The highest BCUT2D eigenvalue weighted by molar-refractivity contribution is 6.05. The van der Waals surface area contributed by atoms with E-state index in [1.165, 1.54) is 0 Å². The molecule has 6 nitrogen and oxygen atoms in total. The van der Waals surface area contributed by atoms with Crippen LogP contribution in [-0.4, -0.2) is 33.6 Å². The van der Waals surface area contributed by atoms with Crippen molar-refractivity contribution in [3.05, 3.63) is 113 Å². The monoisotopic (exact) mass is 523 g/mol. The van der Waals surface area contributed by atoms with E-state index >= 15 is 0 Å². The smallest absolute Gasteiger partial charge is 0.203 e. The summed E-state index contributed by atoms with van der Waals surface area (Å²) in [4.78, 5) is 4.91. The molecule has 1 aliphatic heterocycles. The van der Waals surface area contributed by atoms with E-state index in [0.29, 0.717) is 54.9 Å². The summed E-state index contributed by atoms with van der Waals surface area (Å²) in [6.45, 7) is 1.57. The molecule has 0 aliphatic carbocycles. The minimum absolute atomic E-state index is 0.434. The fourth-order valence-corrected chi connectivity index (χ4v) is 4.80. The molecule has 200 valence electrons. The van der Waals surface area contributed by atoms with Crippen LogP contribution in [0.5, 0.6) is 28.7 Å². The van der Waals surface area contributed by atoms with Crippen LogP contribution < -0.4 is 23.7 Å². The van der Waals surface area contributed by atoms with E-state index in [2.05, 4.69) is 6.07 Å². The molecule has 4 aromatic carbocycles. The van der Waals surface area contributed by atoms with E-state index in [1.807, 2.05) is 78.9 Å². The van der Waals surface area contributed by atoms with Crippen molar-refractivity contribution < 1.29 is 23.7 Å².